The summed E-state index contributed by atoms with van der Waals surface area (Å²) >= 11 is 7.92. The van der Waals surface area contributed by atoms with Gasteiger partial charge in [0.25, 0.3) is 0 Å². The first-order chi connectivity index (χ1) is 6.77. The molecule has 1 unspecified atom stereocenters. The first kappa shape index (κ1) is 12.0. The number of hydrogen-bond donors (Lipinski definition) is 1. The molecule has 0 aliphatic rings. The van der Waals surface area contributed by atoms with Gasteiger partial charge in [0.1, 0.15) is 12.1 Å². The number of alkyl halides is 1. The Morgan fingerprint density at radius 1 is 1.64 bits per heavy atom. The van der Waals surface area contributed by atoms with E-state index in [0.29, 0.717) is 11.9 Å². The van der Waals surface area contributed by atoms with Crippen molar-refractivity contribution in [1.82, 2.24) is 9.97 Å². The lowest BCUT2D eigenvalue weighted by molar-refractivity contribution is 0.671. The third-order valence-electron chi connectivity index (χ3n) is 1.96. The van der Waals surface area contributed by atoms with Crippen LogP contribution in [0.4, 0.5) is 5.82 Å². The molecule has 0 saturated heterocycles. The summed E-state index contributed by atoms with van der Waals surface area (Å²) in [5.74, 6) is 1.57. The van der Waals surface area contributed by atoms with E-state index in [4.69, 9.17) is 11.6 Å². The molecule has 0 aliphatic carbocycles. The molecule has 1 N–H and O–H groups in total. The van der Waals surface area contributed by atoms with Crippen molar-refractivity contribution in [2.24, 2.45) is 0 Å². The van der Waals surface area contributed by atoms with Crippen molar-refractivity contribution in [2.45, 2.75) is 25.8 Å². The fraction of sp³-hybridized carbons (Fsp3) is 0.556. The van der Waals surface area contributed by atoms with Crippen LogP contribution >= 0.6 is 34.2 Å². The highest BCUT2D eigenvalue weighted by Crippen LogP contribution is 2.15. The van der Waals surface area contributed by atoms with Crippen molar-refractivity contribution < 1.29 is 0 Å². The van der Waals surface area contributed by atoms with E-state index in [9.17, 15) is 0 Å². The minimum atomic E-state index is 0.399. The van der Waals surface area contributed by atoms with Crippen LogP contribution in [0.15, 0.2) is 12.5 Å². The molecule has 0 saturated carbocycles. The molecule has 1 atom stereocenters. The van der Waals surface area contributed by atoms with Crippen LogP contribution in [-0.4, -0.2) is 21.9 Å². The molecule has 0 aliphatic heterocycles. The number of rotatable bonds is 5. The number of nitrogens with one attached hydrogen (secondary N) is 1. The zero-order chi connectivity index (χ0) is 10.4. The molecule has 5 heteroatoms. The highest BCUT2D eigenvalue weighted by Gasteiger charge is 2.07. The van der Waals surface area contributed by atoms with Gasteiger partial charge >= 0.3 is 0 Å². The summed E-state index contributed by atoms with van der Waals surface area (Å²) < 4.78 is 1.04. The number of aromatic nitrogens is 2. The van der Waals surface area contributed by atoms with Gasteiger partial charge in [-0.05, 0) is 35.4 Å². The van der Waals surface area contributed by atoms with E-state index in [1.54, 1.807) is 12.5 Å². The third-order valence-corrected chi connectivity index (χ3v) is 2.97. The Hall–Kier alpha value is -0.100. The van der Waals surface area contributed by atoms with E-state index in [2.05, 4.69) is 44.8 Å². The van der Waals surface area contributed by atoms with Gasteiger partial charge in [0, 0.05) is 18.1 Å². The van der Waals surface area contributed by atoms with Crippen molar-refractivity contribution in [3.63, 3.8) is 0 Å². The van der Waals surface area contributed by atoms with E-state index in [-0.39, 0.29) is 0 Å². The molecule has 1 aromatic heterocycles. The Kier molecular flexibility index (Phi) is 5.47. The van der Waals surface area contributed by atoms with E-state index < -0.39 is 0 Å². The zero-order valence-corrected chi connectivity index (χ0v) is 10.9. The summed E-state index contributed by atoms with van der Waals surface area (Å²) in [5.41, 5.74) is 0. The normalized spacial score (nSPS) is 12.5. The molecule has 1 heterocycles. The average Bonchev–Trinajstić information content (AvgIpc) is 2.20. The maximum absolute atomic E-state index is 5.71. The second kappa shape index (κ2) is 6.40. The molecule has 0 bridgehead atoms. The van der Waals surface area contributed by atoms with Crippen molar-refractivity contribution in [1.29, 1.82) is 0 Å². The lowest BCUT2D eigenvalue weighted by Crippen LogP contribution is -2.20. The first-order valence-electron chi connectivity index (χ1n) is 4.56. The first-order valence-corrected chi connectivity index (χ1v) is 6.17. The Bertz CT molecular complexity index is 283. The topological polar surface area (TPSA) is 37.8 Å². The van der Waals surface area contributed by atoms with Gasteiger partial charge in [-0.3, -0.25) is 0 Å². The van der Waals surface area contributed by atoms with Crippen molar-refractivity contribution in [3.05, 3.63) is 16.1 Å². The molecule has 0 spiro atoms. The van der Waals surface area contributed by atoms with Crippen LogP contribution in [0, 0.1) is 3.57 Å². The average molecular weight is 326 g/mol. The van der Waals surface area contributed by atoms with Gasteiger partial charge in [0.05, 0.1) is 3.57 Å². The van der Waals surface area contributed by atoms with Crippen LogP contribution in [0.5, 0.6) is 0 Å². The largest absolute Gasteiger partial charge is 0.366 e. The van der Waals surface area contributed by atoms with Gasteiger partial charge in [0.15, 0.2) is 0 Å². The fourth-order valence-electron chi connectivity index (χ4n) is 1.12. The Labute approximate surface area is 103 Å². The fourth-order valence-corrected chi connectivity index (χ4v) is 1.84. The monoisotopic (exact) mass is 325 g/mol. The van der Waals surface area contributed by atoms with Crippen LogP contribution in [0.2, 0.25) is 0 Å². The second-order valence-corrected chi connectivity index (χ2v) is 4.49. The summed E-state index contributed by atoms with van der Waals surface area (Å²) in [6, 6.07) is 0.399. The molecule has 0 radical (unpaired) electrons. The number of anilines is 1. The molecule has 1 rings (SSSR count). The molecule has 14 heavy (non-hydrogen) atoms. The van der Waals surface area contributed by atoms with Gasteiger partial charge in [-0.25, -0.2) is 9.97 Å². The molecule has 0 amide bonds. The van der Waals surface area contributed by atoms with Gasteiger partial charge in [-0.15, -0.1) is 11.6 Å². The summed E-state index contributed by atoms with van der Waals surface area (Å²) in [5, 5.41) is 3.35. The number of hydrogen-bond acceptors (Lipinski definition) is 3. The van der Waals surface area contributed by atoms with Gasteiger partial charge in [-0.1, -0.05) is 6.92 Å². The summed E-state index contributed by atoms with van der Waals surface area (Å²) in [7, 11) is 0. The van der Waals surface area contributed by atoms with Crippen molar-refractivity contribution in [2.75, 3.05) is 11.2 Å². The zero-order valence-electron chi connectivity index (χ0n) is 8.00. The smallest absolute Gasteiger partial charge is 0.143 e. The van der Waals surface area contributed by atoms with Crippen LogP contribution in [0.25, 0.3) is 0 Å². The molecule has 1 aromatic rings. The maximum Gasteiger partial charge on any atom is 0.143 e. The standard InChI is InChI=1S/C9H13ClIN3/c1-2-7(3-4-10)14-9-8(11)5-12-6-13-9/h5-7H,2-4H2,1H3,(H,12,13,14). The Morgan fingerprint density at radius 3 is 3.00 bits per heavy atom. The lowest BCUT2D eigenvalue weighted by Gasteiger charge is -2.16. The van der Waals surface area contributed by atoms with Crippen LogP contribution in [0.3, 0.4) is 0 Å². The maximum atomic E-state index is 5.71. The Balaban J connectivity index is 2.62. The molecular weight excluding hydrogens is 312 g/mol. The molecule has 0 aromatic carbocycles. The Morgan fingerprint density at radius 2 is 2.43 bits per heavy atom. The third kappa shape index (κ3) is 3.57. The summed E-state index contributed by atoms with van der Waals surface area (Å²) in [4.78, 5) is 8.11. The molecule has 3 nitrogen and oxygen atoms in total. The minimum absolute atomic E-state index is 0.399. The highest BCUT2D eigenvalue weighted by atomic mass is 127. The van der Waals surface area contributed by atoms with Crippen LogP contribution in [-0.2, 0) is 0 Å². The predicted octanol–water partition coefficient (Wildman–Crippen LogP) is 2.90. The predicted molar refractivity (Wildman–Crippen MR) is 67.8 cm³/mol. The molecule has 78 valence electrons. The van der Waals surface area contributed by atoms with E-state index >= 15 is 0 Å². The SMILES string of the molecule is CCC(CCCl)Nc1ncncc1I. The quantitative estimate of drug-likeness (QED) is 0.668. The minimum Gasteiger partial charge on any atom is -0.366 e. The number of nitrogens with zero attached hydrogens (tertiary/aromatic N) is 2. The lowest BCUT2D eigenvalue weighted by atomic mass is 10.2. The second-order valence-electron chi connectivity index (χ2n) is 2.95. The van der Waals surface area contributed by atoms with E-state index in [1.807, 2.05) is 0 Å². The summed E-state index contributed by atoms with van der Waals surface area (Å²) in [6.45, 7) is 2.14. The van der Waals surface area contributed by atoms with Crippen LogP contribution < -0.4 is 5.32 Å². The van der Waals surface area contributed by atoms with Crippen molar-refractivity contribution in [3.8, 4) is 0 Å². The van der Waals surface area contributed by atoms with E-state index in [1.165, 1.54) is 0 Å². The summed E-state index contributed by atoms with van der Waals surface area (Å²) in [6.07, 6.45) is 5.35. The van der Waals surface area contributed by atoms with Gasteiger partial charge in [0.2, 0.25) is 0 Å². The van der Waals surface area contributed by atoms with Gasteiger partial charge in [-0.2, -0.15) is 0 Å². The van der Waals surface area contributed by atoms with Gasteiger partial charge < -0.3 is 5.32 Å². The molecular formula is C9H13ClIN3. The highest BCUT2D eigenvalue weighted by molar-refractivity contribution is 14.1. The van der Waals surface area contributed by atoms with E-state index in [0.717, 1.165) is 22.2 Å². The molecule has 0 fully saturated rings. The number of halogens is 2. The van der Waals surface area contributed by atoms with Crippen LogP contribution in [0.1, 0.15) is 19.8 Å². The van der Waals surface area contributed by atoms with Crippen molar-refractivity contribution >= 4 is 40.0 Å².